The van der Waals surface area contributed by atoms with Crippen LogP contribution in [0.1, 0.15) is 27.2 Å². The predicted molar refractivity (Wildman–Crippen MR) is 50.0 cm³/mol. The summed E-state index contributed by atoms with van der Waals surface area (Å²) in [6, 6.07) is 0. The molecule has 0 unspecified atom stereocenters. The number of hydrogen-bond acceptors (Lipinski definition) is 4. The summed E-state index contributed by atoms with van der Waals surface area (Å²) in [5.74, 6) is -1.19. The zero-order valence-electron chi connectivity index (χ0n) is 9.75. The third-order valence-electron chi connectivity index (χ3n) is 3.11. The fourth-order valence-electron chi connectivity index (χ4n) is 2.33. The highest BCUT2D eigenvalue weighted by Crippen LogP contribution is 2.50. The molecule has 0 aromatic heterocycles. The van der Waals surface area contributed by atoms with Crippen molar-refractivity contribution in [3.8, 4) is 0 Å². The van der Waals surface area contributed by atoms with Crippen LogP contribution < -0.4 is 0 Å². The van der Waals surface area contributed by atoms with Gasteiger partial charge in [-0.1, -0.05) is 6.92 Å². The van der Waals surface area contributed by atoms with Crippen molar-refractivity contribution < 1.29 is 32.5 Å². The zero-order valence-corrected chi connectivity index (χ0v) is 9.75. The summed E-state index contributed by atoms with van der Waals surface area (Å²) in [6.45, 7) is 4.46. The van der Waals surface area contributed by atoms with Gasteiger partial charge in [0.2, 0.25) is 5.60 Å². The number of rotatable bonds is 1. The van der Waals surface area contributed by atoms with E-state index in [0.29, 0.717) is 0 Å². The van der Waals surface area contributed by atoms with Gasteiger partial charge in [0, 0.05) is 0 Å². The van der Waals surface area contributed by atoms with Crippen molar-refractivity contribution in [2.45, 2.75) is 63.3 Å². The molecule has 0 bridgehead atoms. The second-order valence-electron chi connectivity index (χ2n) is 4.78. The predicted octanol–water partition coefficient (Wildman–Crippen LogP) is 1.57. The Labute approximate surface area is 96.6 Å². The second-order valence-corrected chi connectivity index (χ2v) is 4.78. The SMILES string of the molecule is CC[C@H]1O[C@@H]2OC(C)(C)O[C@@H]2[C@@]1(O)C(F)(F)F. The molecular formula is C10H15F3O4. The Morgan fingerprint density at radius 2 is 1.82 bits per heavy atom. The first-order valence-corrected chi connectivity index (χ1v) is 5.42. The molecule has 0 radical (unpaired) electrons. The van der Waals surface area contributed by atoms with Crippen LogP contribution in [-0.4, -0.2) is 41.2 Å². The maximum atomic E-state index is 13.0. The number of alkyl halides is 3. The van der Waals surface area contributed by atoms with E-state index < -0.39 is 36.1 Å². The summed E-state index contributed by atoms with van der Waals surface area (Å²) in [5.41, 5.74) is -3.01. The second kappa shape index (κ2) is 3.57. The van der Waals surface area contributed by atoms with Crippen molar-refractivity contribution in [1.82, 2.24) is 0 Å². The lowest BCUT2D eigenvalue weighted by Gasteiger charge is -2.34. The van der Waals surface area contributed by atoms with Crippen LogP contribution in [0, 0.1) is 0 Å². The van der Waals surface area contributed by atoms with Crippen molar-refractivity contribution in [3.63, 3.8) is 0 Å². The zero-order chi connectivity index (χ0) is 13.1. The van der Waals surface area contributed by atoms with Gasteiger partial charge in [0.25, 0.3) is 0 Å². The number of aliphatic hydroxyl groups is 1. The summed E-state index contributed by atoms with van der Waals surface area (Å²) >= 11 is 0. The highest BCUT2D eigenvalue weighted by atomic mass is 19.4. The molecule has 2 saturated heterocycles. The molecule has 2 aliphatic heterocycles. The highest BCUT2D eigenvalue weighted by Gasteiger charge is 2.73. The van der Waals surface area contributed by atoms with Crippen molar-refractivity contribution in [2.75, 3.05) is 0 Å². The first kappa shape index (κ1) is 13.1. The maximum absolute atomic E-state index is 13.0. The molecule has 0 aromatic rings. The van der Waals surface area contributed by atoms with Gasteiger partial charge in [0.15, 0.2) is 18.2 Å². The van der Waals surface area contributed by atoms with Gasteiger partial charge in [-0.2, -0.15) is 13.2 Å². The number of halogens is 3. The van der Waals surface area contributed by atoms with E-state index in [1.54, 1.807) is 0 Å². The maximum Gasteiger partial charge on any atom is 0.422 e. The Balaban J connectivity index is 2.35. The van der Waals surface area contributed by atoms with Gasteiger partial charge in [-0.3, -0.25) is 0 Å². The molecule has 2 heterocycles. The molecule has 0 aromatic carbocycles. The summed E-state index contributed by atoms with van der Waals surface area (Å²) in [4.78, 5) is 0. The average molecular weight is 256 g/mol. The molecule has 0 spiro atoms. The minimum absolute atomic E-state index is 0.0240. The molecule has 2 rings (SSSR count). The molecule has 4 nitrogen and oxygen atoms in total. The summed E-state index contributed by atoms with van der Waals surface area (Å²) in [6.07, 6.45) is -8.88. The van der Waals surface area contributed by atoms with Crippen LogP contribution in [0.2, 0.25) is 0 Å². The molecule has 4 atom stereocenters. The molecule has 2 aliphatic rings. The summed E-state index contributed by atoms with van der Waals surface area (Å²) in [5, 5.41) is 9.93. The normalized spacial score (nSPS) is 45.0. The van der Waals surface area contributed by atoms with Gasteiger partial charge in [-0.05, 0) is 20.3 Å². The lowest BCUT2D eigenvalue weighted by Crippen LogP contribution is -2.59. The third-order valence-corrected chi connectivity index (χ3v) is 3.11. The number of fused-ring (bicyclic) bond motifs is 1. The average Bonchev–Trinajstić information content (AvgIpc) is 2.58. The van der Waals surface area contributed by atoms with Crippen molar-refractivity contribution in [2.24, 2.45) is 0 Å². The molecule has 0 amide bonds. The first-order valence-electron chi connectivity index (χ1n) is 5.42. The minimum atomic E-state index is -4.82. The summed E-state index contributed by atoms with van der Waals surface area (Å²) in [7, 11) is 0. The Hall–Kier alpha value is -0.370. The smallest absolute Gasteiger partial charge is 0.376 e. The number of hydrogen-bond donors (Lipinski definition) is 1. The van der Waals surface area contributed by atoms with Crippen molar-refractivity contribution in [3.05, 3.63) is 0 Å². The fourth-order valence-corrected chi connectivity index (χ4v) is 2.33. The van der Waals surface area contributed by atoms with E-state index in [-0.39, 0.29) is 6.42 Å². The van der Waals surface area contributed by atoms with Gasteiger partial charge < -0.3 is 19.3 Å². The molecule has 100 valence electrons. The van der Waals surface area contributed by atoms with Crippen LogP contribution in [0.15, 0.2) is 0 Å². The highest BCUT2D eigenvalue weighted by molar-refractivity contribution is 5.08. The van der Waals surface area contributed by atoms with Crippen LogP contribution in [0.4, 0.5) is 13.2 Å². The van der Waals surface area contributed by atoms with Gasteiger partial charge in [0.1, 0.15) is 6.10 Å². The molecule has 17 heavy (non-hydrogen) atoms. The van der Waals surface area contributed by atoms with E-state index in [1.807, 2.05) is 0 Å². The summed E-state index contributed by atoms with van der Waals surface area (Å²) < 4.78 is 54.4. The van der Waals surface area contributed by atoms with Gasteiger partial charge in [0.05, 0.1) is 0 Å². The first-order chi connectivity index (χ1) is 7.62. The third kappa shape index (κ3) is 1.76. The monoisotopic (exact) mass is 256 g/mol. The molecule has 1 N–H and O–H groups in total. The van der Waals surface area contributed by atoms with Gasteiger partial charge >= 0.3 is 6.18 Å². The minimum Gasteiger partial charge on any atom is -0.376 e. The van der Waals surface area contributed by atoms with E-state index >= 15 is 0 Å². The Morgan fingerprint density at radius 1 is 1.24 bits per heavy atom. The van der Waals surface area contributed by atoms with Crippen LogP contribution in [0.5, 0.6) is 0 Å². The van der Waals surface area contributed by atoms with Crippen molar-refractivity contribution >= 4 is 0 Å². The Morgan fingerprint density at radius 3 is 2.29 bits per heavy atom. The quantitative estimate of drug-likeness (QED) is 0.773. The standard InChI is InChI=1S/C10H15F3O4/c1-4-5-9(14,10(11,12)13)6-7(15-5)17-8(2,3)16-6/h5-7,14H,4H2,1-3H3/t5-,6+,7-,9-/m1/s1. The topological polar surface area (TPSA) is 47.9 Å². The lowest BCUT2D eigenvalue weighted by atomic mass is 9.90. The van der Waals surface area contributed by atoms with E-state index in [4.69, 9.17) is 14.2 Å². The van der Waals surface area contributed by atoms with Crippen LogP contribution in [0.25, 0.3) is 0 Å². The van der Waals surface area contributed by atoms with Gasteiger partial charge in [-0.15, -0.1) is 0 Å². The molecule has 7 heteroatoms. The van der Waals surface area contributed by atoms with E-state index in [9.17, 15) is 18.3 Å². The van der Waals surface area contributed by atoms with Crippen LogP contribution >= 0.6 is 0 Å². The Kier molecular flexibility index (Phi) is 2.74. The van der Waals surface area contributed by atoms with Crippen LogP contribution in [-0.2, 0) is 14.2 Å². The van der Waals surface area contributed by atoms with Crippen molar-refractivity contribution in [1.29, 1.82) is 0 Å². The van der Waals surface area contributed by atoms with Crippen LogP contribution in [0.3, 0.4) is 0 Å². The van der Waals surface area contributed by atoms with E-state index in [2.05, 4.69) is 0 Å². The van der Waals surface area contributed by atoms with E-state index in [0.717, 1.165) is 0 Å². The lowest BCUT2D eigenvalue weighted by molar-refractivity contribution is -0.314. The number of ether oxygens (including phenoxy) is 3. The molecular weight excluding hydrogens is 241 g/mol. The molecule has 0 aliphatic carbocycles. The van der Waals surface area contributed by atoms with Gasteiger partial charge in [-0.25, -0.2) is 0 Å². The Bertz CT molecular complexity index is 317. The largest absolute Gasteiger partial charge is 0.422 e. The molecule has 2 fully saturated rings. The molecule has 0 saturated carbocycles. The fraction of sp³-hybridized carbons (Fsp3) is 1.00. The van der Waals surface area contributed by atoms with E-state index in [1.165, 1.54) is 20.8 Å².